The molecule has 0 N–H and O–H groups in total. The number of hydrogen-bond donors (Lipinski definition) is 0. The predicted molar refractivity (Wildman–Crippen MR) is 97.1 cm³/mol. The number of nitrogens with zero attached hydrogens (tertiary/aromatic N) is 2. The number of hydrogen-bond acceptors (Lipinski definition) is 6. The predicted octanol–water partition coefficient (Wildman–Crippen LogP) is 4.96. The van der Waals surface area contributed by atoms with Gasteiger partial charge in [-0.2, -0.15) is 0 Å². The molecule has 0 bridgehead atoms. The van der Waals surface area contributed by atoms with Crippen LogP contribution in [0.5, 0.6) is 5.75 Å². The zero-order valence-corrected chi connectivity index (χ0v) is 15.1. The largest absolute Gasteiger partial charge is 0.409 e. The summed E-state index contributed by atoms with van der Waals surface area (Å²) in [5.41, 5.74) is -1.24. The lowest BCUT2D eigenvalue weighted by Crippen LogP contribution is -2.08. The van der Waals surface area contributed by atoms with Crippen LogP contribution in [-0.2, 0) is 4.79 Å². The van der Waals surface area contributed by atoms with E-state index >= 15 is 0 Å². The number of benzene rings is 1. The van der Waals surface area contributed by atoms with Crippen LogP contribution >= 0.6 is 0 Å². The van der Waals surface area contributed by atoms with E-state index in [1.54, 1.807) is 6.08 Å². The van der Waals surface area contributed by atoms with Crippen molar-refractivity contribution < 1.29 is 19.4 Å². The molecule has 8 nitrogen and oxygen atoms in total. The molecule has 0 fully saturated rings. The molecule has 1 aromatic rings. The van der Waals surface area contributed by atoms with E-state index in [9.17, 15) is 25.0 Å². The van der Waals surface area contributed by atoms with Crippen molar-refractivity contribution in [2.45, 2.75) is 52.4 Å². The fourth-order valence-corrected chi connectivity index (χ4v) is 2.47. The molecule has 8 heteroatoms. The first-order valence-corrected chi connectivity index (χ1v) is 8.67. The number of rotatable bonds is 11. The number of allylic oxidation sites excluding steroid dienone is 1. The lowest BCUT2D eigenvalue weighted by molar-refractivity contribution is -0.395. The zero-order chi connectivity index (χ0) is 19.5. The van der Waals surface area contributed by atoms with Crippen LogP contribution in [0.1, 0.15) is 52.4 Å². The highest BCUT2D eigenvalue weighted by Gasteiger charge is 2.28. The van der Waals surface area contributed by atoms with Crippen molar-refractivity contribution in [1.29, 1.82) is 0 Å². The van der Waals surface area contributed by atoms with Gasteiger partial charge in [-0.1, -0.05) is 52.0 Å². The molecule has 1 unspecified atom stereocenters. The summed E-state index contributed by atoms with van der Waals surface area (Å²) < 4.78 is 4.89. The van der Waals surface area contributed by atoms with Crippen molar-refractivity contribution in [1.82, 2.24) is 0 Å². The third-order valence-electron chi connectivity index (χ3n) is 3.91. The number of esters is 1. The molecule has 0 saturated carbocycles. The Morgan fingerprint density at radius 3 is 2.31 bits per heavy atom. The summed E-state index contributed by atoms with van der Waals surface area (Å²) >= 11 is 0. The van der Waals surface area contributed by atoms with Crippen LogP contribution in [0.15, 0.2) is 30.4 Å². The maximum Gasteiger partial charge on any atom is 0.336 e. The van der Waals surface area contributed by atoms with Crippen molar-refractivity contribution in [2.24, 2.45) is 5.92 Å². The molecule has 0 aliphatic heterocycles. The van der Waals surface area contributed by atoms with Crippen molar-refractivity contribution in [2.75, 3.05) is 0 Å². The van der Waals surface area contributed by atoms with E-state index in [0.717, 1.165) is 31.1 Å². The number of para-hydroxylation sites is 1. The zero-order valence-electron chi connectivity index (χ0n) is 15.1. The fourth-order valence-electron chi connectivity index (χ4n) is 2.47. The molecule has 0 aliphatic carbocycles. The van der Waals surface area contributed by atoms with Gasteiger partial charge in [0.05, 0.1) is 9.85 Å². The maximum atomic E-state index is 11.9. The van der Waals surface area contributed by atoms with Crippen LogP contribution < -0.4 is 4.74 Å². The molecular formula is C18H24N2O6. The number of ether oxygens (including phenoxy) is 1. The molecule has 142 valence electrons. The maximum absolute atomic E-state index is 11.9. The first kappa shape index (κ1) is 21.3. The van der Waals surface area contributed by atoms with Crippen LogP contribution in [0.3, 0.4) is 0 Å². The van der Waals surface area contributed by atoms with E-state index in [1.165, 1.54) is 25.3 Å². The van der Waals surface area contributed by atoms with Crippen LogP contribution in [0.25, 0.3) is 0 Å². The Morgan fingerprint density at radius 1 is 1.15 bits per heavy atom. The normalized spacial score (nSPS) is 12.1. The molecule has 26 heavy (non-hydrogen) atoms. The molecule has 0 saturated heterocycles. The Morgan fingerprint density at radius 2 is 1.77 bits per heavy atom. The Balaban J connectivity index is 2.68. The van der Waals surface area contributed by atoms with Crippen LogP contribution in [0.2, 0.25) is 0 Å². The van der Waals surface area contributed by atoms with Gasteiger partial charge in [-0.15, -0.1) is 0 Å². The monoisotopic (exact) mass is 364 g/mol. The molecule has 0 radical (unpaired) electrons. The van der Waals surface area contributed by atoms with E-state index in [1.807, 2.05) is 0 Å². The third-order valence-corrected chi connectivity index (χ3v) is 3.91. The van der Waals surface area contributed by atoms with E-state index in [0.29, 0.717) is 12.3 Å². The summed E-state index contributed by atoms with van der Waals surface area (Å²) in [6, 6.07) is 3.28. The minimum atomic E-state index is -0.874. The Labute approximate surface area is 152 Å². The van der Waals surface area contributed by atoms with Gasteiger partial charge in [0.1, 0.15) is 0 Å². The van der Waals surface area contributed by atoms with Gasteiger partial charge < -0.3 is 4.74 Å². The number of unbranched alkanes of at least 4 members (excludes halogenated alkanes) is 3. The lowest BCUT2D eigenvalue weighted by atomic mass is 9.99. The number of carbonyl (C=O) groups is 1. The smallest absolute Gasteiger partial charge is 0.336 e. The van der Waals surface area contributed by atoms with E-state index < -0.39 is 32.9 Å². The summed E-state index contributed by atoms with van der Waals surface area (Å²) in [7, 11) is 0. The minimum Gasteiger partial charge on any atom is -0.409 e. The van der Waals surface area contributed by atoms with E-state index in [4.69, 9.17) is 4.74 Å². The van der Waals surface area contributed by atoms with Gasteiger partial charge in [-0.3, -0.25) is 20.2 Å². The standard InChI is InChI=1S/C18H24N2O6/c1-3-4-5-6-9-14(2)10-7-13-17(21)26-18-15(19(22)23)11-8-12-16(18)20(24)25/h7-8,11-14H,3-6,9-10H2,1-2H3/b13-7+. The lowest BCUT2D eigenvalue weighted by Gasteiger charge is -2.07. The second-order valence-corrected chi connectivity index (χ2v) is 6.15. The minimum absolute atomic E-state index is 0.399. The molecule has 0 aliphatic rings. The highest BCUT2D eigenvalue weighted by atomic mass is 16.6. The van der Waals surface area contributed by atoms with Crippen molar-refractivity contribution in [3.8, 4) is 5.75 Å². The Kier molecular flexibility index (Phi) is 8.97. The third kappa shape index (κ3) is 7.00. The molecule has 0 heterocycles. The van der Waals surface area contributed by atoms with Crippen LogP contribution in [-0.4, -0.2) is 15.8 Å². The summed E-state index contributed by atoms with van der Waals surface area (Å²) in [6.45, 7) is 4.23. The van der Waals surface area contributed by atoms with Gasteiger partial charge in [0.2, 0.25) is 0 Å². The summed E-state index contributed by atoms with van der Waals surface area (Å²) in [5.74, 6) is -1.12. The van der Waals surface area contributed by atoms with Gasteiger partial charge in [0.25, 0.3) is 5.75 Å². The topological polar surface area (TPSA) is 113 Å². The molecule has 0 spiro atoms. The van der Waals surface area contributed by atoms with Gasteiger partial charge >= 0.3 is 17.3 Å². The van der Waals surface area contributed by atoms with Gasteiger partial charge in [-0.25, -0.2) is 4.79 Å². The Bertz CT molecular complexity index is 639. The molecule has 1 aromatic carbocycles. The second kappa shape index (κ2) is 11.0. The van der Waals surface area contributed by atoms with Gasteiger partial charge in [0, 0.05) is 18.2 Å². The van der Waals surface area contributed by atoms with Crippen LogP contribution in [0.4, 0.5) is 11.4 Å². The van der Waals surface area contributed by atoms with Gasteiger partial charge in [0.15, 0.2) is 0 Å². The van der Waals surface area contributed by atoms with E-state index in [-0.39, 0.29) is 0 Å². The molecule has 1 rings (SSSR count). The molecule has 0 aromatic heterocycles. The number of carbonyl (C=O) groups excluding carboxylic acids is 1. The highest BCUT2D eigenvalue weighted by molar-refractivity contribution is 5.85. The molecule has 1 atom stereocenters. The average Bonchev–Trinajstić information content (AvgIpc) is 2.58. The van der Waals surface area contributed by atoms with Crippen molar-refractivity contribution in [3.63, 3.8) is 0 Å². The molecular weight excluding hydrogens is 340 g/mol. The number of nitro benzene ring substituents is 2. The van der Waals surface area contributed by atoms with Crippen LogP contribution in [0, 0.1) is 26.1 Å². The summed E-state index contributed by atoms with van der Waals surface area (Å²) in [4.78, 5) is 32.2. The first-order valence-electron chi connectivity index (χ1n) is 8.67. The first-order chi connectivity index (χ1) is 12.4. The second-order valence-electron chi connectivity index (χ2n) is 6.15. The van der Waals surface area contributed by atoms with Crippen molar-refractivity contribution >= 4 is 17.3 Å². The highest BCUT2D eigenvalue weighted by Crippen LogP contribution is 2.36. The average molecular weight is 364 g/mol. The van der Waals surface area contributed by atoms with E-state index in [2.05, 4.69) is 13.8 Å². The summed E-state index contributed by atoms with van der Waals surface area (Å²) in [6.07, 6.45) is 9.22. The van der Waals surface area contributed by atoms with Crippen molar-refractivity contribution in [3.05, 3.63) is 50.6 Å². The molecule has 0 amide bonds. The Hall–Kier alpha value is -2.77. The van der Waals surface area contributed by atoms with Gasteiger partial charge in [-0.05, 0) is 18.4 Å². The fraction of sp³-hybridized carbons (Fsp3) is 0.500. The summed E-state index contributed by atoms with van der Waals surface area (Å²) in [5, 5.41) is 22.0. The number of nitro groups is 2. The SMILES string of the molecule is CCCCCCC(C)C/C=C/C(=O)Oc1c([N+](=O)[O-])cccc1[N+](=O)[O-]. The quantitative estimate of drug-likeness (QED) is 0.137.